The summed E-state index contributed by atoms with van der Waals surface area (Å²) in [7, 11) is 0. The largest absolute Gasteiger partial charge is 0.369 e. The molecular weight excluding hydrogens is 370 g/mol. The summed E-state index contributed by atoms with van der Waals surface area (Å²) in [5.74, 6) is 1.36. The van der Waals surface area contributed by atoms with Gasteiger partial charge in [-0.15, -0.1) is 0 Å². The van der Waals surface area contributed by atoms with Gasteiger partial charge in [-0.3, -0.25) is 9.59 Å². The van der Waals surface area contributed by atoms with E-state index >= 15 is 0 Å². The summed E-state index contributed by atoms with van der Waals surface area (Å²) in [5.41, 5.74) is -0.219. The normalized spacial score (nSPS) is 31.6. The lowest BCUT2D eigenvalue weighted by molar-refractivity contribution is -0.132. The van der Waals surface area contributed by atoms with E-state index in [0.29, 0.717) is 49.3 Å². The second kappa shape index (κ2) is 7.09. The van der Waals surface area contributed by atoms with Gasteiger partial charge in [0.15, 0.2) is 5.15 Å². The Balaban J connectivity index is 1.36. The Labute approximate surface area is 163 Å². The molecule has 7 nitrogen and oxygen atoms in total. The van der Waals surface area contributed by atoms with Gasteiger partial charge in [-0.05, 0) is 12.8 Å². The highest BCUT2D eigenvalue weighted by Crippen LogP contribution is 2.54. The van der Waals surface area contributed by atoms with Gasteiger partial charge < -0.3 is 19.5 Å². The van der Waals surface area contributed by atoms with Crippen molar-refractivity contribution in [1.82, 2.24) is 15.4 Å². The van der Waals surface area contributed by atoms with Crippen molar-refractivity contribution in [3.8, 4) is 0 Å². The van der Waals surface area contributed by atoms with Gasteiger partial charge in [-0.2, -0.15) is 0 Å². The van der Waals surface area contributed by atoms with E-state index in [1.165, 1.54) is 0 Å². The van der Waals surface area contributed by atoms with Crippen molar-refractivity contribution >= 4 is 23.4 Å². The van der Waals surface area contributed by atoms with E-state index in [9.17, 15) is 9.59 Å². The van der Waals surface area contributed by atoms with Crippen molar-refractivity contribution < 1.29 is 18.8 Å². The predicted octanol–water partition coefficient (Wildman–Crippen LogP) is 2.04. The number of nitrogens with one attached hydrogen (secondary N) is 1. The lowest BCUT2D eigenvalue weighted by atomic mass is 9.73. The molecule has 3 saturated heterocycles. The molecule has 4 rings (SSSR count). The Morgan fingerprint density at radius 3 is 3.00 bits per heavy atom. The average molecular weight is 396 g/mol. The van der Waals surface area contributed by atoms with E-state index in [2.05, 4.69) is 10.5 Å². The molecule has 0 radical (unpaired) electrons. The van der Waals surface area contributed by atoms with Crippen LogP contribution in [0.3, 0.4) is 0 Å². The number of aromatic nitrogens is 1. The fraction of sp³-hybridized carbons (Fsp3) is 0.737. The first-order chi connectivity index (χ1) is 12.9. The molecule has 148 valence electrons. The zero-order valence-corrected chi connectivity index (χ0v) is 16.5. The van der Waals surface area contributed by atoms with E-state index in [4.69, 9.17) is 20.9 Å². The van der Waals surface area contributed by atoms with Crippen LogP contribution in [0.4, 0.5) is 0 Å². The number of rotatable bonds is 6. The topological polar surface area (TPSA) is 84.7 Å². The van der Waals surface area contributed by atoms with Gasteiger partial charge in [0, 0.05) is 49.8 Å². The van der Waals surface area contributed by atoms with E-state index in [1.54, 1.807) is 6.07 Å². The number of amides is 2. The molecule has 1 aromatic heterocycles. The fourth-order valence-electron chi connectivity index (χ4n) is 4.87. The summed E-state index contributed by atoms with van der Waals surface area (Å²) in [5, 5.41) is 7.00. The first-order valence-corrected chi connectivity index (χ1v) is 10.1. The summed E-state index contributed by atoms with van der Waals surface area (Å²) in [4.78, 5) is 26.6. The molecule has 4 atom stereocenters. The molecule has 27 heavy (non-hydrogen) atoms. The number of carbonyl (C=O) groups is 2. The van der Waals surface area contributed by atoms with Crippen LogP contribution in [0.1, 0.15) is 38.9 Å². The highest BCUT2D eigenvalue weighted by atomic mass is 35.5. The number of carbonyl (C=O) groups excluding carboxylic acids is 2. The van der Waals surface area contributed by atoms with Gasteiger partial charge in [-0.1, -0.05) is 30.6 Å². The van der Waals surface area contributed by atoms with Crippen molar-refractivity contribution in [2.75, 3.05) is 19.6 Å². The van der Waals surface area contributed by atoms with Gasteiger partial charge in [0.25, 0.3) is 0 Å². The van der Waals surface area contributed by atoms with Crippen LogP contribution in [0.25, 0.3) is 0 Å². The third-order valence-electron chi connectivity index (χ3n) is 6.29. The summed E-state index contributed by atoms with van der Waals surface area (Å²) in [6.45, 7) is 5.78. The Kier molecular flexibility index (Phi) is 4.93. The Hall–Kier alpha value is -1.60. The van der Waals surface area contributed by atoms with E-state index in [0.717, 1.165) is 12.8 Å². The van der Waals surface area contributed by atoms with Crippen LogP contribution in [-0.4, -0.2) is 53.2 Å². The smallest absolute Gasteiger partial charge is 0.223 e. The van der Waals surface area contributed by atoms with Crippen LogP contribution in [0.2, 0.25) is 5.15 Å². The zero-order chi connectivity index (χ0) is 19.2. The van der Waals surface area contributed by atoms with Crippen LogP contribution in [0, 0.1) is 17.8 Å². The molecule has 3 aliphatic rings. The fourth-order valence-corrected chi connectivity index (χ4v) is 5.03. The highest BCUT2D eigenvalue weighted by Gasteiger charge is 2.63. The summed E-state index contributed by atoms with van der Waals surface area (Å²) in [6, 6.07) is 1.64. The zero-order valence-electron chi connectivity index (χ0n) is 15.7. The molecule has 0 aliphatic carbocycles. The van der Waals surface area contributed by atoms with Crippen LogP contribution < -0.4 is 5.32 Å². The van der Waals surface area contributed by atoms with E-state index in [1.807, 2.05) is 18.7 Å². The molecule has 0 unspecified atom stereocenters. The molecule has 0 saturated carbocycles. The molecule has 2 amide bonds. The molecule has 4 heterocycles. The average Bonchev–Trinajstić information content (AvgIpc) is 3.37. The summed E-state index contributed by atoms with van der Waals surface area (Å²) >= 11 is 5.75. The molecule has 8 heteroatoms. The van der Waals surface area contributed by atoms with Gasteiger partial charge >= 0.3 is 0 Å². The third-order valence-corrected chi connectivity index (χ3v) is 6.47. The number of ether oxygens (including phenoxy) is 1. The first-order valence-electron chi connectivity index (χ1n) is 9.72. The monoisotopic (exact) mass is 395 g/mol. The molecule has 0 aromatic carbocycles. The molecular formula is C19H26ClN3O4. The van der Waals surface area contributed by atoms with Gasteiger partial charge in [-0.25, -0.2) is 0 Å². The second-order valence-electron chi connectivity index (χ2n) is 8.32. The molecule has 3 fully saturated rings. The van der Waals surface area contributed by atoms with E-state index in [-0.39, 0.29) is 35.4 Å². The number of halogens is 1. The van der Waals surface area contributed by atoms with Crippen molar-refractivity contribution in [3.63, 3.8) is 0 Å². The predicted molar refractivity (Wildman–Crippen MR) is 98.1 cm³/mol. The number of hydrogen-bond donors (Lipinski definition) is 1. The SMILES string of the molecule is CC(C)C(=O)NC[C@H]1[C@H]2CN(C(=O)CCc3cc(Cl)no3)C[C@]23CC[C@H]1O3. The minimum absolute atomic E-state index is 0.0234. The minimum atomic E-state index is -0.219. The maximum absolute atomic E-state index is 12.7. The van der Waals surface area contributed by atoms with Crippen molar-refractivity contribution in [1.29, 1.82) is 0 Å². The maximum atomic E-state index is 12.7. The number of nitrogens with zero attached hydrogens (tertiary/aromatic N) is 2. The number of likely N-dealkylation sites (tertiary alicyclic amines) is 1. The molecule has 1 N–H and O–H groups in total. The van der Waals surface area contributed by atoms with Gasteiger partial charge in [0.1, 0.15) is 5.76 Å². The van der Waals surface area contributed by atoms with E-state index < -0.39 is 0 Å². The van der Waals surface area contributed by atoms with Crippen molar-refractivity contribution in [2.24, 2.45) is 17.8 Å². The Bertz CT molecular complexity index is 736. The molecule has 2 bridgehead atoms. The lowest BCUT2D eigenvalue weighted by Crippen LogP contribution is -2.42. The van der Waals surface area contributed by atoms with Crippen molar-refractivity contribution in [2.45, 2.75) is 51.2 Å². The van der Waals surface area contributed by atoms with Crippen LogP contribution in [-0.2, 0) is 20.7 Å². The quantitative estimate of drug-likeness (QED) is 0.796. The Morgan fingerprint density at radius 1 is 1.48 bits per heavy atom. The van der Waals surface area contributed by atoms with Gasteiger partial charge in [0.2, 0.25) is 11.8 Å². The molecule has 1 aromatic rings. The lowest BCUT2D eigenvalue weighted by Gasteiger charge is -2.29. The number of fused-ring (bicyclic) bond motifs is 1. The Morgan fingerprint density at radius 2 is 2.30 bits per heavy atom. The number of aryl methyl sites for hydroxylation is 1. The molecule has 3 aliphatic heterocycles. The van der Waals surface area contributed by atoms with Crippen LogP contribution >= 0.6 is 11.6 Å². The van der Waals surface area contributed by atoms with Gasteiger partial charge in [0.05, 0.1) is 18.2 Å². The third kappa shape index (κ3) is 3.47. The summed E-state index contributed by atoms with van der Waals surface area (Å²) in [6.07, 6.45) is 3.07. The maximum Gasteiger partial charge on any atom is 0.223 e. The standard InChI is InChI=1S/C19H26ClN3O4/c1-11(2)18(25)21-8-13-14-9-23(10-19(14)6-5-15(13)26-19)17(24)4-3-12-7-16(20)22-27-12/h7,11,13-15H,3-6,8-10H2,1-2H3,(H,21,25)/t13-,14+,15+,19+/m0/s1. The van der Waals surface area contributed by atoms with Crippen LogP contribution in [0.5, 0.6) is 0 Å². The van der Waals surface area contributed by atoms with Crippen molar-refractivity contribution in [3.05, 3.63) is 17.0 Å². The van der Waals surface area contributed by atoms with Crippen LogP contribution in [0.15, 0.2) is 10.6 Å². The second-order valence-corrected chi connectivity index (χ2v) is 8.71. The molecule has 1 spiro atoms. The summed E-state index contributed by atoms with van der Waals surface area (Å²) < 4.78 is 11.4. The number of hydrogen-bond acceptors (Lipinski definition) is 5. The first kappa shape index (κ1) is 18.7. The minimum Gasteiger partial charge on any atom is -0.369 e. The highest BCUT2D eigenvalue weighted by molar-refractivity contribution is 6.29.